The van der Waals surface area contributed by atoms with Gasteiger partial charge in [-0.3, -0.25) is 0 Å². The molecule has 0 unspecified atom stereocenters. The Kier molecular flexibility index (Phi) is 4.84. The van der Waals surface area contributed by atoms with E-state index in [1.165, 1.54) is 17.5 Å². The monoisotopic (exact) mass is 310 g/mol. The first-order chi connectivity index (χ1) is 9.52. The highest BCUT2D eigenvalue weighted by Crippen LogP contribution is 2.30. The maximum absolute atomic E-state index is 5.98. The lowest BCUT2D eigenvalue weighted by atomic mass is 9.98. The second-order valence-corrected chi connectivity index (χ2v) is 5.48. The van der Waals surface area contributed by atoms with Crippen LogP contribution in [0.3, 0.4) is 0 Å². The first-order valence-electron chi connectivity index (χ1n) is 6.36. The molecule has 1 aromatic heterocycles. The van der Waals surface area contributed by atoms with Gasteiger partial charge in [-0.2, -0.15) is 0 Å². The fourth-order valence-corrected chi connectivity index (χ4v) is 2.55. The van der Waals surface area contributed by atoms with Gasteiger partial charge in [-0.1, -0.05) is 31.5 Å². The summed E-state index contributed by atoms with van der Waals surface area (Å²) in [5.41, 5.74) is 3.09. The average Bonchev–Trinajstić information content (AvgIpc) is 2.38. The molecule has 2 aromatic rings. The molecule has 0 fully saturated rings. The molecule has 1 heterocycles. The Bertz CT molecular complexity index is 615. The molecule has 0 amide bonds. The third-order valence-corrected chi connectivity index (χ3v) is 3.66. The maximum Gasteiger partial charge on any atom is 0.228 e. The van der Waals surface area contributed by atoms with Crippen molar-refractivity contribution >= 4 is 23.2 Å². The number of aromatic nitrogens is 2. The summed E-state index contributed by atoms with van der Waals surface area (Å²) in [5.74, 6) is 1.80. The number of hydrogen-bond donors (Lipinski definition) is 0. The van der Waals surface area contributed by atoms with Crippen molar-refractivity contribution < 1.29 is 4.74 Å². The van der Waals surface area contributed by atoms with Gasteiger partial charge in [-0.25, -0.2) is 9.97 Å². The average molecular weight is 311 g/mol. The number of alkyl halides is 1. The molecular weight excluding hydrogens is 295 g/mol. The fourth-order valence-electron chi connectivity index (χ4n) is 2.05. The molecule has 5 heteroatoms. The highest BCUT2D eigenvalue weighted by atomic mass is 35.5. The summed E-state index contributed by atoms with van der Waals surface area (Å²) in [4.78, 5) is 7.99. The van der Waals surface area contributed by atoms with E-state index in [9.17, 15) is 0 Å². The quantitative estimate of drug-likeness (QED) is 0.582. The molecule has 2 rings (SSSR count). The maximum atomic E-state index is 5.98. The zero-order valence-electron chi connectivity index (χ0n) is 11.7. The highest BCUT2D eigenvalue weighted by Gasteiger charge is 2.12. The van der Waals surface area contributed by atoms with Gasteiger partial charge < -0.3 is 4.74 Å². The third-order valence-electron chi connectivity index (χ3n) is 3.06. The summed E-state index contributed by atoms with van der Waals surface area (Å²) < 4.78 is 5.78. The Morgan fingerprint density at radius 2 is 2.00 bits per heavy atom. The lowest BCUT2D eigenvalue weighted by Crippen LogP contribution is -1.97. The third kappa shape index (κ3) is 3.22. The summed E-state index contributed by atoms with van der Waals surface area (Å²) in [6.45, 7) is 6.40. The standard InChI is InChI=1S/C15H16Cl2N2O/c1-9(2)12-5-4-11(6-10(12)3)20-15-13(7-16)14(17)18-8-19-15/h4-6,8-9H,7H2,1-3H3. The van der Waals surface area contributed by atoms with E-state index in [2.05, 4.69) is 36.8 Å². The van der Waals surface area contributed by atoms with Gasteiger partial charge in [-0.15, -0.1) is 11.6 Å². The predicted molar refractivity (Wildman–Crippen MR) is 81.9 cm³/mol. The molecule has 0 atom stereocenters. The van der Waals surface area contributed by atoms with Crippen LogP contribution < -0.4 is 4.74 Å². The van der Waals surface area contributed by atoms with E-state index >= 15 is 0 Å². The van der Waals surface area contributed by atoms with Crippen LogP contribution in [0.15, 0.2) is 24.5 Å². The van der Waals surface area contributed by atoms with E-state index < -0.39 is 0 Å². The van der Waals surface area contributed by atoms with Crippen molar-refractivity contribution in [3.63, 3.8) is 0 Å². The van der Waals surface area contributed by atoms with Crippen LogP contribution in [-0.2, 0) is 5.88 Å². The van der Waals surface area contributed by atoms with E-state index in [-0.39, 0.29) is 5.88 Å². The van der Waals surface area contributed by atoms with Crippen LogP contribution in [0.2, 0.25) is 5.15 Å². The smallest absolute Gasteiger partial charge is 0.228 e. The number of aryl methyl sites for hydroxylation is 1. The Morgan fingerprint density at radius 1 is 1.25 bits per heavy atom. The minimum atomic E-state index is 0.206. The summed E-state index contributed by atoms with van der Waals surface area (Å²) in [7, 11) is 0. The minimum Gasteiger partial charge on any atom is -0.439 e. The predicted octanol–water partition coefficient (Wildman–Crippen LogP) is 5.09. The van der Waals surface area contributed by atoms with E-state index in [1.54, 1.807) is 0 Å². The summed E-state index contributed by atoms with van der Waals surface area (Å²) in [6.07, 6.45) is 1.36. The second kappa shape index (κ2) is 6.42. The van der Waals surface area contributed by atoms with Gasteiger partial charge in [0.2, 0.25) is 5.88 Å². The molecule has 0 spiro atoms. The molecule has 0 saturated heterocycles. The number of nitrogens with zero attached hydrogens (tertiary/aromatic N) is 2. The summed E-state index contributed by atoms with van der Waals surface area (Å²) >= 11 is 11.8. The molecular formula is C15H16Cl2N2O. The van der Waals surface area contributed by atoms with Gasteiger partial charge in [0.15, 0.2) is 0 Å². The van der Waals surface area contributed by atoms with Crippen LogP contribution in [0.1, 0.15) is 36.5 Å². The van der Waals surface area contributed by atoms with Crippen molar-refractivity contribution in [1.82, 2.24) is 9.97 Å². The molecule has 0 radical (unpaired) electrons. The minimum absolute atomic E-state index is 0.206. The molecule has 1 aromatic carbocycles. The van der Waals surface area contributed by atoms with Crippen molar-refractivity contribution in [2.24, 2.45) is 0 Å². The van der Waals surface area contributed by atoms with E-state index in [4.69, 9.17) is 27.9 Å². The number of benzene rings is 1. The topological polar surface area (TPSA) is 35.0 Å². The molecule has 0 bridgehead atoms. The van der Waals surface area contributed by atoms with Crippen LogP contribution >= 0.6 is 23.2 Å². The molecule has 106 valence electrons. The van der Waals surface area contributed by atoms with Crippen LogP contribution in [-0.4, -0.2) is 9.97 Å². The first-order valence-corrected chi connectivity index (χ1v) is 7.28. The largest absolute Gasteiger partial charge is 0.439 e. The normalized spacial score (nSPS) is 10.9. The van der Waals surface area contributed by atoms with Crippen molar-refractivity contribution in [3.05, 3.63) is 46.4 Å². The number of hydrogen-bond acceptors (Lipinski definition) is 3. The summed E-state index contributed by atoms with van der Waals surface area (Å²) in [6, 6.07) is 5.98. The lowest BCUT2D eigenvalue weighted by molar-refractivity contribution is 0.456. The Morgan fingerprint density at radius 3 is 2.60 bits per heavy atom. The fraction of sp³-hybridized carbons (Fsp3) is 0.333. The Hall–Kier alpha value is -1.32. The zero-order chi connectivity index (χ0) is 14.7. The van der Waals surface area contributed by atoms with Gasteiger partial charge in [0.1, 0.15) is 17.2 Å². The van der Waals surface area contributed by atoms with Crippen molar-refractivity contribution in [2.45, 2.75) is 32.6 Å². The molecule has 0 aliphatic rings. The van der Waals surface area contributed by atoms with Gasteiger partial charge in [0, 0.05) is 0 Å². The molecule has 20 heavy (non-hydrogen) atoms. The SMILES string of the molecule is Cc1cc(Oc2ncnc(Cl)c2CCl)ccc1C(C)C. The van der Waals surface area contributed by atoms with Crippen LogP contribution in [0.4, 0.5) is 0 Å². The van der Waals surface area contributed by atoms with Crippen molar-refractivity contribution in [3.8, 4) is 11.6 Å². The van der Waals surface area contributed by atoms with Gasteiger partial charge in [0.25, 0.3) is 0 Å². The first kappa shape index (κ1) is 15.1. The van der Waals surface area contributed by atoms with Crippen molar-refractivity contribution in [2.75, 3.05) is 0 Å². The zero-order valence-corrected chi connectivity index (χ0v) is 13.2. The molecule has 0 saturated carbocycles. The van der Waals surface area contributed by atoms with Crippen LogP contribution in [0, 0.1) is 6.92 Å². The Labute approximate surface area is 128 Å². The number of rotatable bonds is 4. The lowest BCUT2D eigenvalue weighted by Gasteiger charge is -2.13. The van der Waals surface area contributed by atoms with Gasteiger partial charge in [-0.05, 0) is 36.1 Å². The van der Waals surface area contributed by atoms with Crippen LogP contribution in [0.25, 0.3) is 0 Å². The molecule has 3 nitrogen and oxygen atoms in total. The molecule has 0 aliphatic heterocycles. The molecule has 0 aliphatic carbocycles. The van der Waals surface area contributed by atoms with E-state index in [1.807, 2.05) is 12.1 Å². The van der Waals surface area contributed by atoms with Gasteiger partial charge >= 0.3 is 0 Å². The van der Waals surface area contributed by atoms with E-state index in [0.29, 0.717) is 28.3 Å². The highest BCUT2D eigenvalue weighted by molar-refractivity contribution is 6.31. The summed E-state index contributed by atoms with van der Waals surface area (Å²) in [5, 5.41) is 0.320. The van der Waals surface area contributed by atoms with Gasteiger partial charge in [0.05, 0.1) is 11.4 Å². The number of halogens is 2. The second-order valence-electron chi connectivity index (χ2n) is 4.86. The van der Waals surface area contributed by atoms with Crippen molar-refractivity contribution in [1.29, 1.82) is 0 Å². The van der Waals surface area contributed by atoms with E-state index in [0.717, 1.165) is 0 Å². The number of ether oxygens (including phenoxy) is 1. The molecule has 0 N–H and O–H groups in total. The Balaban J connectivity index is 2.31. The van der Waals surface area contributed by atoms with Crippen LogP contribution in [0.5, 0.6) is 11.6 Å².